The highest BCUT2D eigenvalue weighted by Crippen LogP contribution is 2.18. The maximum atomic E-state index is 10.6. The second-order valence-electron chi connectivity index (χ2n) is 4.54. The van der Waals surface area contributed by atoms with E-state index in [0.29, 0.717) is 12.5 Å². The molecule has 94 valence electrons. The molecule has 0 aromatic heterocycles. The fourth-order valence-corrected chi connectivity index (χ4v) is 1.79. The Bertz CT molecular complexity index is 214. The molecule has 0 saturated carbocycles. The molecule has 0 aromatic carbocycles. The standard InChI is InChI=1S/C13H25NO2/c1-3-4-5-6-7-11(2)8-12(10-14)9-13(15)16/h5-6,11-12H,3-4,7-10,14H2,1-2H3,(H,15,16)/t11-,12+/m1/s1. The molecule has 3 N–H and O–H groups in total. The lowest BCUT2D eigenvalue weighted by atomic mass is 9.91. The number of carboxylic acid groups (broad SMARTS) is 1. The quantitative estimate of drug-likeness (QED) is 0.595. The Kier molecular flexibility index (Phi) is 8.91. The van der Waals surface area contributed by atoms with Crippen molar-refractivity contribution in [1.29, 1.82) is 0 Å². The van der Waals surface area contributed by atoms with Gasteiger partial charge in [0.15, 0.2) is 0 Å². The first-order valence-electron chi connectivity index (χ1n) is 6.17. The third kappa shape index (κ3) is 8.48. The molecule has 0 bridgehead atoms. The number of unbranched alkanes of at least 4 members (excludes halogenated alkanes) is 1. The van der Waals surface area contributed by atoms with Crippen molar-refractivity contribution in [2.75, 3.05) is 6.54 Å². The summed E-state index contributed by atoms with van der Waals surface area (Å²) >= 11 is 0. The largest absolute Gasteiger partial charge is 0.481 e. The summed E-state index contributed by atoms with van der Waals surface area (Å²) in [7, 11) is 0. The van der Waals surface area contributed by atoms with Gasteiger partial charge in [0, 0.05) is 6.42 Å². The average Bonchev–Trinajstić information content (AvgIpc) is 2.23. The topological polar surface area (TPSA) is 63.3 Å². The lowest BCUT2D eigenvalue weighted by molar-refractivity contribution is -0.138. The van der Waals surface area contributed by atoms with Crippen molar-refractivity contribution in [3.8, 4) is 0 Å². The van der Waals surface area contributed by atoms with E-state index in [2.05, 4.69) is 26.0 Å². The molecule has 0 amide bonds. The number of hydrogen-bond donors (Lipinski definition) is 2. The maximum Gasteiger partial charge on any atom is 0.303 e. The van der Waals surface area contributed by atoms with Gasteiger partial charge in [-0.05, 0) is 37.6 Å². The molecular formula is C13H25NO2. The van der Waals surface area contributed by atoms with Gasteiger partial charge in [0.05, 0.1) is 0 Å². The Labute approximate surface area is 98.7 Å². The lowest BCUT2D eigenvalue weighted by Gasteiger charge is -2.16. The Hall–Kier alpha value is -0.830. The number of nitrogens with two attached hydrogens (primary N) is 1. The minimum Gasteiger partial charge on any atom is -0.481 e. The van der Waals surface area contributed by atoms with Crippen molar-refractivity contribution < 1.29 is 9.90 Å². The van der Waals surface area contributed by atoms with Gasteiger partial charge in [-0.1, -0.05) is 32.4 Å². The molecule has 0 aromatic rings. The molecule has 16 heavy (non-hydrogen) atoms. The summed E-state index contributed by atoms with van der Waals surface area (Å²) in [6.45, 7) is 4.78. The van der Waals surface area contributed by atoms with Crippen LogP contribution in [0.1, 0.15) is 46.0 Å². The summed E-state index contributed by atoms with van der Waals surface area (Å²) in [6, 6.07) is 0. The second kappa shape index (κ2) is 9.40. The smallest absolute Gasteiger partial charge is 0.303 e. The molecule has 0 aliphatic carbocycles. The van der Waals surface area contributed by atoms with Gasteiger partial charge in [0.1, 0.15) is 0 Å². The van der Waals surface area contributed by atoms with E-state index >= 15 is 0 Å². The highest BCUT2D eigenvalue weighted by atomic mass is 16.4. The summed E-state index contributed by atoms with van der Waals surface area (Å²) in [5.74, 6) is -0.114. The van der Waals surface area contributed by atoms with Crippen molar-refractivity contribution in [1.82, 2.24) is 0 Å². The van der Waals surface area contributed by atoms with E-state index in [0.717, 1.165) is 19.3 Å². The molecule has 0 heterocycles. The van der Waals surface area contributed by atoms with Gasteiger partial charge >= 0.3 is 5.97 Å². The van der Waals surface area contributed by atoms with Crippen LogP contribution in [0, 0.1) is 11.8 Å². The van der Waals surface area contributed by atoms with Gasteiger partial charge < -0.3 is 10.8 Å². The predicted octanol–water partition coefficient (Wildman–Crippen LogP) is 2.81. The zero-order valence-electron chi connectivity index (χ0n) is 10.5. The van der Waals surface area contributed by atoms with Crippen LogP contribution in [0.3, 0.4) is 0 Å². The first kappa shape index (κ1) is 15.2. The zero-order valence-corrected chi connectivity index (χ0v) is 10.5. The highest BCUT2D eigenvalue weighted by Gasteiger charge is 2.14. The monoisotopic (exact) mass is 227 g/mol. The van der Waals surface area contributed by atoms with Crippen LogP contribution in [0.4, 0.5) is 0 Å². The Morgan fingerprint density at radius 3 is 2.62 bits per heavy atom. The van der Waals surface area contributed by atoms with Gasteiger partial charge in [-0.2, -0.15) is 0 Å². The lowest BCUT2D eigenvalue weighted by Crippen LogP contribution is -2.20. The SMILES string of the molecule is CCCC=CC[C@@H](C)C[C@H](CN)CC(=O)O. The highest BCUT2D eigenvalue weighted by molar-refractivity contribution is 5.67. The second-order valence-corrected chi connectivity index (χ2v) is 4.54. The molecular weight excluding hydrogens is 202 g/mol. The van der Waals surface area contributed by atoms with Crippen molar-refractivity contribution in [2.45, 2.75) is 46.0 Å². The summed E-state index contributed by atoms with van der Waals surface area (Å²) in [4.78, 5) is 10.6. The van der Waals surface area contributed by atoms with Gasteiger partial charge in [-0.3, -0.25) is 4.79 Å². The van der Waals surface area contributed by atoms with Gasteiger partial charge in [-0.15, -0.1) is 0 Å². The van der Waals surface area contributed by atoms with Crippen LogP contribution in [0.5, 0.6) is 0 Å². The van der Waals surface area contributed by atoms with E-state index in [9.17, 15) is 4.79 Å². The van der Waals surface area contributed by atoms with Crippen LogP contribution in [-0.2, 0) is 4.79 Å². The molecule has 3 nitrogen and oxygen atoms in total. The molecule has 0 unspecified atom stereocenters. The third-order valence-electron chi connectivity index (χ3n) is 2.69. The minimum absolute atomic E-state index is 0.118. The van der Waals surface area contributed by atoms with Crippen LogP contribution < -0.4 is 5.73 Å². The Morgan fingerprint density at radius 1 is 1.44 bits per heavy atom. The first-order valence-corrected chi connectivity index (χ1v) is 6.17. The fourth-order valence-electron chi connectivity index (χ4n) is 1.79. The van der Waals surface area contributed by atoms with Gasteiger partial charge in [-0.25, -0.2) is 0 Å². The van der Waals surface area contributed by atoms with E-state index in [-0.39, 0.29) is 12.3 Å². The molecule has 0 spiro atoms. The van der Waals surface area contributed by atoms with Crippen molar-refractivity contribution >= 4 is 5.97 Å². The number of carbonyl (C=O) groups is 1. The van der Waals surface area contributed by atoms with Crippen LogP contribution in [0.15, 0.2) is 12.2 Å². The van der Waals surface area contributed by atoms with Gasteiger partial charge in [0.25, 0.3) is 0 Å². The summed E-state index contributed by atoms with van der Waals surface area (Å²) < 4.78 is 0. The molecule has 0 fully saturated rings. The van der Waals surface area contributed by atoms with E-state index in [4.69, 9.17) is 10.8 Å². The van der Waals surface area contributed by atoms with E-state index in [1.807, 2.05) is 0 Å². The molecule has 0 rings (SSSR count). The third-order valence-corrected chi connectivity index (χ3v) is 2.69. The Morgan fingerprint density at radius 2 is 2.12 bits per heavy atom. The molecule has 0 radical (unpaired) electrons. The van der Waals surface area contributed by atoms with Crippen LogP contribution in [0.25, 0.3) is 0 Å². The molecule has 2 atom stereocenters. The predicted molar refractivity (Wildman–Crippen MR) is 67.2 cm³/mol. The minimum atomic E-state index is -0.746. The number of carboxylic acids is 1. The van der Waals surface area contributed by atoms with E-state index in [1.165, 1.54) is 6.42 Å². The van der Waals surface area contributed by atoms with Crippen molar-refractivity contribution in [3.05, 3.63) is 12.2 Å². The number of rotatable bonds is 9. The number of allylic oxidation sites excluding steroid dienone is 2. The average molecular weight is 227 g/mol. The zero-order chi connectivity index (χ0) is 12.4. The summed E-state index contributed by atoms with van der Waals surface area (Å²) in [5.41, 5.74) is 5.56. The fraction of sp³-hybridized carbons (Fsp3) is 0.769. The summed E-state index contributed by atoms with van der Waals surface area (Å²) in [5, 5.41) is 8.70. The van der Waals surface area contributed by atoms with Crippen LogP contribution in [0.2, 0.25) is 0 Å². The number of aliphatic carboxylic acids is 1. The van der Waals surface area contributed by atoms with E-state index < -0.39 is 5.97 Å². The van der Waals surface area contributed by atoms with Crippen LogP contribution >= 0.6 is 0 Å². The molecule has 3 heteroatoms. The molecule has 0 aliphatic heterocycles. The normalized spacial score (nSPS) is 15.2. The number of hydrogen-bond acceptors (Lipinski definition) is 2. The maximum absolute atomic E-state index is 10.6. The molecule has 0 aliphatic rings. The Balaban J connectivity index is 3.81. The van der Waals surface area contributed by atoms with Crippen molar-refractivity contribution in [3.63, 3.8) is 0 Å². The molecule has 0 saturated heterocycles. The van der Waals surface area contributed by atoms with E-state index in [1.54, 1.807) is 0 Å². The summed E-state index contributed by atoms with van der Waals surface area (Å²) in [6.07, 6.45) is 8.82. The first-order chi connectivity index (χ1) is 7.60. The van der Waals surface area contributed by atoms with Crippen LogP contribution in [-0.4, -0.2) is 17.6 Å². The van der Waals surface area contributed by atoms with Gasteiger partial charge in [0.2, 0.25) is 0 Å². The van der Waals surface area contributed by atoms with Crippen molar-refractivity contribution in [2.24, 2.45) is 17.6 Å².